The highest BCUT2D eigenvalue weighted by Crippen LogP contribution is 2.23. The topological polar surface area (TPSA) is 26.7 Å². The molecule has 3 heteroatoms. The molecule has 1 heterocycles. The van der Waals surface area contributed by atoms with E-state index in [9.17, 15) is 5.11 Å². The smallest absolute Gasteiger partial charge is 0.0599 e. The molecule has 3 nitrogen and oxygen atoms in total. The molecule has 1 aliphatic heterocycles. The van der Waals surface area contributed by atoms with Crippen LogP contribution in [-0.4, -0.2) is 59.8 Å². The fraction of sp³-hybridized carbons (Fsp3) is 1.00. The molecular weight excluding hydrogens is 200 g/mol. The number of piperazine rings is 1. The minimum Gasteiger partial charge on any atom is -0.395 e. The minimum absolute atomic E-state index is 0.225. The van der Waals surface area contributed by atoms with E-state index < -0.39 is 0 Å². The van der Waals surface area contributed by atoms with Crippen molar-refractivity contribution in [3.05, 3.63) is 0 Å². The molecule has 0 radical (unpaired) electrons. The molecule has 1 fully saturated rings. The zero-order chi connectivity index (χ0) is 12.3. The third kappa shape index (κ3) is 3.44. The van der Waals surface area contributed by atoms with Crippen LogP contribution in [0.4, 0.5) is 0 Å². The van der Waals surface area contributed by atoms with E-state index in [4.69, 9.17) is 0 Å². The van der Waals surface area contributed by atoms with Gasteiger partial charge < -0.3 is 5.11 Å². The lowest BCUT2D eigenvalue weighted by Crippen LogP contribution is -2.63. The van der Waals surface area contributed by atoms with Gasteiger partial charge in [0.25, 0.3) is 0 Å². The van der Waals surface area contributed by atoms with Crippen LogP contribution in [0.1, 0.15) is 34.1 Å². The molecule has 0 aliphatic carbocycles. The molecule has 1 N–H and O–H groups in total. The Hall–Kier alpha value is -0.120. The number of rotatable bonds is 4. The zero-order valence-electron chi connectivity index (χ0n) is 11.5. The van der Waals surface area contributed by atoms with Crippen LogP contribution in [0, 0.1) is 5.92 Å². The van der Waals surface area contributed by atoms with Crippen LogP contribution in [0.5, 0.6) is 0 Å². The van der Waals surface area contributed by atoms with E-state index in [0.29, 0.717) is 6.04 Å². The first-order chi connectivity index (χ1) is 7.36. The quantitative estimate of drug-likeness (QED) is 0.788. The average Bonchev–Trinajstić information content (AvgIpc) is 2.19. The van der Waals surface area contributed by atoms with Crippen molar-refractivity contribution < 1.29 is 5.11 Å². The van der Waals surface area contributed by atoms with E-state index in [-0.39, 0.29) is 12.1 Å². The van der Waals surface area contributed by atoms with Crippen molar-refractivity contribution >= 4 is 0 Å². The van der Waals surface area contributed by atoms with E-state index in [0.717, 1.165) is 25.6 Å². The van der Waals surface area contributed by atoms with Crippen LogP contribution < -0.4 is 0 Å². The standard InChI is InChI=1S/C13H28N2O/c1-11(2)6-7-15-10-13(3,4)14(5)8-12(15)9-16/h11-12,16H,6-10H2,1-5H3. The van der Waals surface area contributed by atoms with Crippen LogP contribution in [-0.2, 0) is 0 Å². The van der Waals surface area contributed by atoms with Gasteiger partial charge in [0.15, 0.2) is 0 Å². The molecule has 0 saturated carbocycles. The molecule has 16 heavy (non-hydrogen) atoms. The van der Waals surface area contributed by atoms with Gasteiger partial charge in [0.05, 0.1) is 6.61 Å². The molecule has 0 bridgehead atoms. The Morgan fingerprint density at radius 3 is 2.50 bits per heavy atom. The van der Waals surface area contributed by atoms with Gasteiger partial charge in [-0.3, -0.25) is 9.80 Å². The van der Waals surface area contributed by atoms with Crippen LogP contribution in [0.2, 0.25) is 0 Å². The summed E-state index contributed by atoms with van der Waals surface area (Å²) >= 11 is 0. The summed E-state index contributed by atoms with van der Waals surface area (Å²) in [7, 11) is 2.16. The molecule has 96 valence electrons. The van der Waals surface area contributed by atoms with Crippen molar-refractivity contribution in [1.82, 2.24) is 9.80 Å². The fourth-order valence-electron chi connectivity index (χ4n) is 2.28. The van der Waals surface area contributed by atoms with Crippen LogP contribution >= 0.6 is 0 Å². The number of likely N-dealkylation sites (N-methyl/N-ethyl adjacent to an activating group) is 1. The van der Waals surface area contributed by atoms with E-state index in [1.165, 1.54) is 6.42 Å². The molecule has 0 aromatic heterocycles. The maximum absolute atomic E-state index is 9.45. The van der Waals surface area contributed by atoms with E-state index >= 15 is 0 Å². The molecule has 1 saturated heterocycles. The Kier molecular flexibility index (Phi) is 4.77. The summed E-state index contributed by atoms with van der Waals surface area (Å²) < 4.78 is 0. The van der Waals surface area contributed by atoms with Crippen LogP contribution in [0.25, 0.3) is 0 Å². The monoisotopic (exact) mass is 228 g/mol. The highest BCUT2D eigenvalue weighted by atomic mass is 16.3. The number of hydrogen-bond acceptors (Lipinski definition) is 3. The number of aliphatic hydroxyl groups is 1. The predicted molar refractivity (Wildman–Crippen MR) is 68.6 cm³/mol. The third-order valence-electron chi connectivity index (χ3n) is 3.83. The fourth-order valence-corrected chi connectivity index (χ4v) is 2.28. The maximum atomic E-state index is 9.45. The van der Waals surface area contributed by atoms with Crippen molar-refractivity contribution in [3.63, 3.8) is 0 Å². The molecule has 0 aromatic carbocycles. The molecule has 1 unspecified atom stereocenters. The van der Waals surface area contributed by atoms with Crippen LogP contribution in [0.15, 0.2) is 0 Å². The van der Waals surface area contributed by atoms with Gasteiger partial charge in [-0.2, -0.15) is 0 Å². The third-order valence-corrected chi connectivity index (χ3v) is 3.83. The van der Waals surface area contributed by atoms with E-state index in [2.05, 4.69) is 44.5 Å². The van der Waals surface area contributed by atoms with Gasteiger partial charge in [-0.05, 0) is 39.8 Å². The summed E-state index contributed by atoms with van der Waals surface area (Å²) in [6.07, 6.45) is 1.22. The minimum atomic E-state index is 0.225. The highest BCUT2D eigenvalue weighted by molar-refractivity contribution is 4.93. The SMILES string of the molecule is CC(C)CCN1CC(C)(C)N(C)CC1CO. The van der Waals surface area contributed by atoms with Crippen LogP contribution in [0.3, 0.4) is 0 Å². The Balaban J connectivity index is 2.58. The highest BCUT2D eigenvalue weighted by Gasteiger charge is 2.36. The summed E-state index contributed by atoms with van der Waals surface area (Å²) in [6, 6.07) is 0.316. The first kappa shape index (κ1) is 13.9. The van der Waals surface area contributed by atoms with Gasteiger partial charge in [-0.15, -0.1) is 0 Å². The average molecular weight is 228 g/mol. The Morgan fingerprint density at radius 1 is 1.38 bits per heavy atom. The van der Waals surface area contributed by atoms with Gasteiger partial charge in [0, 0.05) is 24.7 Å². The number of hydrogen-bond donors (Lipinski definition) is 1. The Labute approximate surface area is 100 Å². The van der Waals surface area contributed by atoms with Gasteiger partial charge in [-0.25, -0.2) is 0 Å². The Bertz CT molecular complexity index is 216. The summed E-state index contributed by atoms with van der Waals surface area (Å²) in [5.41, 5.74) is 0.225. The second-order valence-corrected chi connectivity index (χ2v) is 6.18. The summed E-state index contributed by atoms with van der Waals surface area (Å²) in [6.45, 7) is 12.5. The largest absolute Gasteiger partial charge is 0.395 e. The molecule has 0 aromatic rings. The number of nitrogens with zero attached hydrogens (tertiary/aromatic N) is 2. The summed E-state index contributed by atoms with van der Waals surface area (Å²) in [5.74, 6) is 0.738. The predicted octanol–water partition coefficient (Wildman–Crippen LogP) is 1.42. The molecule has 0 spiro atoms. The lowest BCUT2D eigenvalue weighted by molar-refractivity contribution is -0.0221. The lowest BCUT2D eigenvalue weighted by Gasteiger charge is -2.49. The summed E-state index contributed by atoms with van der Waals surface area (Å²) in [5, 5.41) is 9.45. The van der Waals surface area contributed by atoms with Crippen molar-refractivity contribution in [3.8, 4) is 0 Å². The van der Waals surface area contributed by atoms with E-state index in [1.54, 1.807) is 0 Å². The summed E-state index contributed by atoms with van der Waals surface area (Å²) in [4.78, 5) is 4.82. The van der Waals surface area contributed by atoms with Gasteiger partial charge in [-0.1, -0.05) is 13.8 Å². The first-order valence-corrected chi connectivity index (χ1v) is 6.43. The van der Waals surface area contributed by atoms with Crippen molar-refractivity contribution in [2.75, 3.05) is 33.3 Å². The van der Waals surface area contributed by atoms with Crippen molar-refractivity contribution in [2.24, 2.45) is 5.92 Å². The second-order valence-electron chi connectivity index (χ2n) is 6.18. The molecule has 1 aliphatic rings. The number of aliphatic hydroxyl groups excluding tert-OH is 1. The van der Waals surface area contributed by atoms with Gasteiger partial charge in [0.2, 0.25) is 0 Å². The zero-order valence-corrected chi connectivity index (χ0v) is 11.5. The van der Waals surface area contributed by atoms with Crippen molar-refractivity contribution in [1.29, 1.82) is 0 Å². The maximum Gasteiger partial charge on any atom is 0.0599 e. The Morgan fingerprint density at radius 2 is 2.00 bits per heavy atom. The first-order valence-electron chi connectivity index (χ1n) is 6.43. The van der Waals surface area contributed by atoms with Gasteiger partial charge >= 0.3 is 0 Å². The second kappa shape index (κ2) is 5.48. The molecule has 0 amide bonds. The molecule has 1 atom stereocenters. The van der Waals surface area contributed by atoms with E-state index in [1.807, 2.05) is 0 Å². The van der Waals surface area contributed by atoms with Crippen molar-refractivity contribution in [2.45, 2.75) is 45.7 Å². The molecule has 1 rings (SSSR count). The normalized spacial score (nSPS) is 27.6. The lowest BCUT2D eigenvalue weighted by atomic mass is 9.95. The van der Waals surface area contributed by atoms with Gasteiger partial charge in [0.1, 0.15) is 0 Å². The molecular formula is C13H28N2O.